The molecule has 0 spiro atoms. The number of hydrogen-bond acceptors (Lipinski definition) is 3. The molecule has 2 heterocycles. The van der Waals surface area contributed by atoms with Crippen molar-refractivity contribution < 1.29 is 4.79 Å². The third-order valence-corrected chi connectivity index (χ3v) is 4.32. The van der Waals surface area contributed by atoms with Crippen molar-refractivity contribution in [3.05, 3.63) is 53.3 Å². The van der Waals surface area contributed by atoms with Gasteiger partial charge >= 0.3 is 0 Å². The lowest BCUT2D eigenvalue weighted by Gasteiger charge is -2.06. The van der Waals surface area contributed by atoms with Gasteiger partial charge in [-0.25, -0.2) is 9.50 Å². The van der Waals surface area contributed by atoms with Gasteiger partial charge in [-0.05, 0) is 24.6 Å². The van der Waals surface area contributed by atoms with Crippen LogP contribution < -0.4 is 5.32 Å². The van der Waals surface area contributed by atoms with Crippen molar-refractivity contribution in [1.82, 2.24) is 19.9 Å². The first-order valence-corrected chi connectivity index (χ1v) is 8.95. The Kier molecular flexibility index (Phi) is 5.66. The Morgan fingerprint density at radius 1 is 1.24 bits per heavy atom. The summed E-state index contributed by atoms with van der Waals surface area (Å²) in [4.78, 5) is 16.8. The van der Waals surface area contributed by atoms with Crippen LogP contribution >= 0.6 is 11.6 Å². The molecule has 1 N–H and O–H groups in total. The lowest BCUT2D eigenvalue weighted by molar-refractivity contribution is 0.0954. The first-order chi connectivity index (χ1) is 12.2. The minimum absolute atomic E-state index is 0.137. The fourth-order valence-corrected chi connectivity index (χ4v) is 2.96. The average molecular weight is 357 g/mol. The molecule has 25 heavy (non-hydrogen) atoms. The van der Waals surface area contributed by atoms with Gasteiger partial charge in [0.05, 0.1) is 11.9 Å². The number of carbonyl (C=O) groups excluding carboxylic acids is 1. The molecule has 0 aliphatic rings. The van der Waals surface area contributed by atoms with Crippen molar-refractivity contribution in [2.45, 2.75) is 32.6 Å². The predicted molar refractivity (Wildman–Crippen MR) is 99.9 cm³/mol. The number of nitrogens with one attached hydrogen (secondary N) is 1. The molecule has 130 valence electrons. The highest BCUT2D eigenvalue weighted by molar-refractivity contribution is 6.30. The van der Waals surface area contributed by atoms with Crippen molar-refractivity contribution in [2.75, 3.05) is 6.54 Å². The summed E-state index contributed by atoms with van der Waals surface area (Å²) in [7, 11) is 0. The fourth-order valence-electron chi connectivity index (χ4n) is 2.77. The highest BCUT2D eigenvalue weighted by Crippen LogP contribution is 2.23. The maximum Gasteiger partial charge on any atom is 0.256 e. The number of amides is 1. The Labute approximate surface area is 152 Å². The number of aromatic nitrogens is 3. The van der Waals surface area contributed by atoms with E-state index in [-0.39, 0.29) is 5.91 Å². The van der Waals surface area contributed by atoms with E-state index in [9.17, 15) is 4.79 Å². The summed E-state index contributed by atoms with van der Waals surface area (Å²) in [5, 5.41) is 7.96. The molecule has 6 heteroatoms. The summed E-state index contributed by atoms with van der Waals surface area (Å²) in [6.07, 6.45) is 7.74. The maximum absolute atomic E-state index is 12.4. The number of nitrogens with zero attached hydrogens (tertiary/aromatic N) is 3. The zero-order valence-corrected chi connectivity index (χ0v) is 15.0. The molecule has 3 rings (SSSR count). The molecule has 3 aromatic rings. The molecule has 0 saturated heterocycles. The van der Waals surface area contributed by atoms with Crippen LogP contribution in [0.5, 0.6) is 0 Å². The third-order valence-electron chi connectivity index (χ3n) is 4.08. The van der Waals surface area contributed by atoms with E-state index >= 15 is 0 Å². The largest absolute Gasteiger partial charge is 0.352 e. The molecule has 0 aliphatic carbocycles. The van der Waals surface area contributed by atoms with Crippen LogP contribution in [0.1, 0.15) is 43.0 Å². The Balaban J connectivity index is 1.82. The van der Waals surface area contributed by atoms with Crippen molar-refractivity contribution in [1.29, 1.82) is 0 Å². The van der Waals surface area contributed by atoms with E-state index < -0.39 is 0 Å². The van der Waals surface area contributed by atoms with Gasteiger partial charge in [-0.1, -0.05) is 49.9 Å². The van der Waals surface area contributed by atoms with Crippen molar-refractivity contribution in [3.8, 4) is 11.3 Å². The summed E-state index contributed by atoms with van der Waals surface area (Å²) in [6, 6.07) is 9.39. The number of rotatable bonds is 7. The molecule has 2 aromatic heterocycles. The van der Waals surface area contributed by atoms with Crippen molar-refractivity contribution in [3.63, 3.8) is 0 Å². The van der Waals surface area contributed by atoms with Gasteiger partial charge in [0.1, 0.15) is 5.56 Å². The molecule has 0 bridgehead atoms. The smallest absolute Gasteiger partial charge is 0.256 e. The van der Waals surface area contributed by atoms with Crippen molar-refractivity contribution >= 4 is 23.2 Å². The van der Waals surface area contributed by atoms with Crippen LogP contribution in [-0.4, -0.2) is 27.0 Å². The van der Waals surface area contributed by atoms with E-state index in [1.165, 1.54) is 12.8 Å². The van der Waals surface area contributed by atoms with Crippen LogP contribution in [0.3, 0.4) is 0 Å². The summed E-state index contributed by atoms with van der Waals surface area (Å²) < 4.78 is 1.68. The number of hydrogen-bond donors (Lipinski definition) is 1. The van der Waals surface area contributed by atoms with E-state index in [1.54, 1.807) is 16.9 Å². The quantitative estimate of drug-likeness (QED) is 0.640. The molecule has 1 amide bonds. The zero-order chi connectivity index (χ0) is 17.6. The van der Waals surface area contributed by atoms with Crippen LogP contribution in [0.15, 0.2) is 42.7 Å². The van der Waals surface area contributed by atoms with Crippen LogP contribution in [-0.2, 0) is 0 Å². The molecule has 0 unspecified atom stereocenters. The van der Waals surface area contributed by atoms with Crippen LogP contribution in [0.25, 0.3) is 16.9 Å². The number of unbranched alkanes of at least 4 members (excludes halogenated alkanes) is 3. The second-order valence-electron chi connectivity index (χ2n) is 5.95. The molecular formula is C19H21ClN4O. The van der Waals surface area contributed by atoms with Gasteiger partial charge in [0, 0.05) is 23.3 Å². The van der Waals surface area contributed by atoms with Gasteiger partial charge in [-0.15, -0.1) is 0 Å². The highest BCUT2D eigenvalue weighted by atomic mass is 35.5. The van der Waals surface area contributed by atoms with Gasteiger partial charge < -0.3 is 5.32 Å². The third kappa shape index (κ3) is 3.99. The first kappa shape index (κ1) is 17.4. The van der Waals surface area contributed by atoms with Crippen LogP contribution in [0.4, 0.5) is 0 Å². The van der Waals surface area contributed by atoms with Gasteiger partial charge in [-0.2, -0.15) is 5.10 Å². The summed E-state index contributed by atoms with van der Waals surface area (Å²) in [6.45, 7) is 2.84. The SMILES string of the molecule is CCCCCCNC(=O)c1cnn2c(-c3cccc(Cl)c3)ccnc12. The van der Waals surface area contributed by atoms with E-state index in [4.69, 9.17) is 11.6 Å². The highest BCUT2D eigenvalue weighted by Gasteiger charge is 2.15. The van der Waals surface area contributed by atoms with Gasteiger partial charge in [0.2, 0.25) is 0 Å². The lowest BCUT2D eigenvalue weighted by atomic mass is 10.1. The molecule has 0 atom stereocenters. The monoisotopic (exact) mass is 356 g/mol. The average Bonchev–Trinajstić information content (AvgIpc) is 3.05. The van der Waals surface area contributed by atoms with E-state index in [0.717, 1.165) is 24.1 Å². The molecule has 0 radical (unpaired) electrons. The normalized spacial score (nSPS) is 11.0. The van der Waals surface area contributed by atoms with Crippen LogP contribution in [0, 0.1) is 0 Å². The Morgan fingerprint density at radius 2 is 2.12 bits per heavy atom. The molecule has 0 aliphatic heterocycles. The Morgan fingerprint density at radius 3 is 2.92 bits per heavy atom. The maximum atomic E-state index is 12.4. The first-order valence-electron chi connectivity index (χ1n) is 8.57. The molecule has 5 nitrogen and oxygen atoms in total. The van der Waals surface area contributed by atoms with E-state index in [2.05, 4.69) is 22.3 Å². The molecule has 0 saturated carbocycles. The van der Waals surface area contributed by atoms with Gasteiger partial charge in [0.25, 0.3) is 5.91 Å². The number of carbonyl (C=O) groups is 1. The fraction of sp³-hybridized carbons (Fsp3) is 0.316. The summed E-state index contributed by atoms with van der Waals surface area (Å²) >= 11 is 6.09. The second-order valence-corrected chi connectivity index (χ2v) is 6.39. The summed E-state index contributed by atoms with van der Waals surface area (Å²) in [5.41, 5.74) is 2.80. The van der Waals surface area contributed by atoms with Crippen molar-refractivity contribution in [2.24, 2.45) is 0 Å². The zero-order valence-electron chi connectivity index (χ0n) is 14.2. The lowest BCUT2D eigenvalue weighted by Crippen LogP contribution is -2.24. The van der Waals surface area contributed by atoms with E-state index in [0.29, 0.717) is 22.8 Å². The minimum Gasteiger partial charge on any atom is -0.352 e. The number of benzene rings is 1. The number of halogens is 1. The minimum atomic E-state index is -0.137. The van der Waals surface area contributed by atoms with E-state index in [1.807, 2.05) is 30.3 Å². The molecule has 1 aromatic carbocycles. The Hall–Kier alpha value is -2.40. The molecular weight excluding hydrogens is 336 g/mol. The van der Waals surface area contributed by atoms with Gasteiger partial charge in [0.15, 0.2) is 5.65 Å². The topological polar surface area (TPSA) is 59.3 Å². The predicted octanol–water partition coefficient (Wildman–Crippen LogP) is 4.36. The summed E-state index contributed by atoms with van der Waals surface area (Å²) in [5.74, 6) is -0.137. The number of fused-ring (bicyclic) bond motifs is 1. The second kappa shape index (κ2) is 8.12. The standard InChI is InChI=1S/C19H21ClN4O/c1-2-3-4-5-10-22-19(25)16-13-23-24-17(9-11-21-18(16)24)14-7-6-8-15(20)12-14/h6-9,11-13H,2-5,10H2,1H3,(H,22,25). The van der Waals surface area contributed by atoms with Gasteiger partial charge in [-0.3, -0.25) is 4.79 Å². The van der Waals surface area contributed by atoms with Crippen LogP contribution in [0.2, 0.25) is 5.02 Å². The molecule has 0 fully saturated rings. The Bertz CT molecular complexity index is 875.